The molecule has 2 aromatic rings. The van der Waals surface area contributed by atoms with Gasteiger partial charge in [-0.3, -0.25) is 14.5 Å². The van der Waals surface area contributed by atoms with Gasteiger partial charge in [0.1, 0.15) is 0 Å². The topological polar surface area (TPSA) is 49.4 Å². The molecule has 0 spiro atoms. The summed E-state index contributed by atoms with van der Waals surface area (Å²) in [5.41, 5.74) is 5.09. The second kappa shape index (κ2) is 4.81. The Morgan fingerprint density at radius 1 is 0.958 bits per heavy atom. The standard InChI is InChI=1S/C20H16N2O2/c23-17-11-5-9-15-18(17)19-12-6-1-2-7-13(12)20(24)22(19)16-10-4-3-8-14(16)21-15/h1-4,6-8,10,19,21H,5,9,11H2. The van der Waals surface area contributed by atoms with Gasteiger partial charge in [0.05, 0.1) is 17.4 Å². The molecule has 2 aromatic carbocycles. The summed E-state index contributed by atoms with van der Waals surface area (Å²) in [7, 11) is 0. The molecule has 1 amide bonds. The van der Waals surface area contributed by atoms with Gasteiger partial charge in [-0.1, -0.05) is 30.3 Å². The van der Waals surface area contributed by atoms with Crippen molar-refractivity contribution in [2.24, 2.45) is 0 Å². The fourth-order valence-electron chi connectivity index (χ4n) is 4.11. The Kier molecular flexibility index (Phi) is 2.71. The maximum absolute atomic E-state index is 13.1. The first kappa shape index (κ1) is 13.5. The van der Waals surface area contributed by atoms with Crippen LogP contribution in [0.5, 0.6) is 0 Å². The van der Waals surface area contributed by atoms with Crippen LogP contribution < -0.4 is 10.2 Å². The van der Waals surface area contributed by atoms with Crippen molar-refractivity contribution in [2.45, 2.75) is 25.3 Å². The Balaban J connectivity index is 1.84. The summed E-state index contributed by atoms with van der Waals surface area (Å²) in [6.07, 6.45) is 2.25. The molecule has 2 aliphatic heterocycles. The highest BCUT2D eigenvalue weighted by atomic mass is 16.2. The van der Waals surface area contributed by atoms with E-state index in [2.05, 4.69) is 5.32 Å². The van der Waals surface area contributed by atoms with Crippen LogP contribution in [-0.4, -0.2) is 11.7 Å². The lowest BCUT2D eigenvalue weighted by molar-refractivity contribution is -0.116. The first-order valence-electron chi connectivity index (χ1n) is 8.30. The first-order chi connectivity index (χ1) is 11.8. The number of allylic oxidation sites excluding steroid dienone is 1. The highest BCUT2D eigenvalue weighted by Crippen LogP contribution is 2.49. The summed E-state index contributed by atoms with van der Waals surface area (Å²) in [6.45, 7) is 0. The number of ketones is 1. The summed E-state index contributed by atoms with van der Waals surface area (Å²) in [4.78, 5) is 27.6. The van der Waals surface area contributed by atoms with Crippen LogP contribution in [0.2, 0.25) is 0 Å². The molecule has 0 fully saturated rings. The molecule has 24 heavy (non-hydrogen) atoms. The molecule has 0 saturated heterocycles. The van der Waals surface area contributed by atoms with Gasteiger partial charge in [-0.2, -0.15) is 0 Å². The minimum absolute atomic E-state index is 0.0306. The maximum Gasteiger partial charge on any atom is 0.259 e. The van der Waals surface area contributed by atoms with Gasteiger partial charge in [0, 0.05) is 23.3 Å². The van der Waals surface area contributed by atoms with Crippen molar-refractivity contribution in [2.75, 3.05) is 10.2 Å². The van der Waals surface area contributed by atoms with E-state index in [0.717, 1.165) is 41.1 Å². The van der Waals surface area contributed by atoms with Gasteiger partial charge >= 0.3 is 0 Å². The van der Waals surface area contributed by atoms with E-state index in [0.29, 0.717) is 12.0 Å². The van der Waals surface area contributed by atoms with Gasteiger partial charge in [-0.15, -0.1) is 0 Å². The summed E-state index contributed by atoms with van der Waals surface area (Å²) >= 11 is 0. The lowest BCUT2D eigenvalue weighted by Gasteiger charge is -2.27. The number of para-hydroxylation sites is 2. The highest BCUT2D eigenvalue weighted by Gasteiger charge is 2.45. The number of benzene rings is 2. The molecule has 0 aromatic heterocycles. The number of amides is 1. The minimum Gasteiger partial charge on any atom is -0.357 e. The van der Waals surface area contributed by atoms with E-state index in [-0.39, 0.29) is 17.7 Å². The van der Waals surface area contributed by atoms with E-state index in [1.807, 2.05) is 48.5 Å². The Morgan fingerprint density at radius 2 is 1.75 bits per heavy atom. The predicted octanol–water partition coefficient (Wildman–Crippen LogP) is 3.82. The fraction of sp³-hybridized carbons (Fsp3) is 0.200. The zero-order valence-electron chi connectivity index (χ0n) is 13.1. The molecule has 1 aliphatic carbocycles. The third kappa shape index (κ3) is 1.68. The molecular formula is C20H16N2O2. The SMILES string of the molecule is O=C1CCCC2=C1C1c3ccccc3C(=O)N1c1ccccc1N2. The third-order valence-electron chi connectivity index (χ3n) is 5.14. The van der Waals surface area contributed by atoms with E-state index >= 15 is 0 Å². The fourth-order valence-corrected chi connectivity index (χ4v) is 4.11. The normalized spacial score (nSPS) is 21.5. The lowest BCUT2D eigenvalue weighted by atomic mass is 9.86. The minimum atomic E-state index is -0.312. The number of anilines is 2. The highest BCUT2D eigenvalue weighted by molar-refractivity contribution is 6.16. The number of rotatable bonds is 0. The van der Waals surface area contributed by atoms with Crippen molar-refractivity contribution in [3.05, 3.63) is 70.9 Å². The molecule has 1 unspecified atom stereocenters. The van der Waals surface area contributed by atoms with Gasteiger partial charge < -0.3 is 5.32 Å². The first-order valence-corrected chi connectivity index (χ1v) is 8.30. The molecule has 1 N–H and O–H groups in total. The van der Waals surface area contributed by atoms with Crippen molar-refractivity contribution in [1.82, 2.24) is 0 Å². The van der Waals surface area contributed by atoms with E-state index in [1.54, 1.807) is 4.90 Å². The largest absolute Gasteiger partial charge is 0.357 e. The Morgan fingerprint density at radius 3 is 2.67 bits per heavy atom. The maximum atomic E-state index is 13.1. The van der Waals surface area contributed by atoms with Gasteiger partial charge in [-0.05, 0) is 36.6 Å². The number of carbonyl (C=O) groups is 2. The number of hydrogen-bond acceptors (Lipinski definition) is 3. The summed E-state index contributed by atoms with van der Waals surface area (Å²) in [5.74, 6) is 0.119. The van der Waals surface area contributed by atoms with Gasteiger partial charge in [0.2, 0.25) is 0 Å². The van der Waals surface area contributed by atoms with Crippen molar-refractivity contribution in [3.63, 3.8) is 0 Å². The zero-order chi connectivity index (χ0) is 16.3. The molecule has 118 valence electrons. The quantitative estimate of drug-likeness (QED) is 0.804. The number of nitrogens with one attached hydrogen (secondary N) is 1. The summed E-state index contributed by atoms with van der Waals surface area (Å²) in [5, 5.41) is 3.44. The second-order valence-electron chi connectivity index (χ2n) is 6.48. The monoisotopic (exact) mass is 316 g/mol. The van der Waals surface area contributed by atoms with Crippen LogP contribution in [0.1, 0.15) is 41.2 Å². The van der Waals surface area contributed by atoms with Crippen LogP contribution in [-0.2, 0) is 4.79 Å². The molecular weight excluding hydrogens is 300 g/mol. The van der Waals surface area contributed by atoms with Gasteiger partial charge in [0.15, 0.2) is 5.78 Å². The Labute approximate surface area is 139 Å². The van der Waals surface area contributed by atoms with E-state index in [9.17, 15) is 9.59 Å². The summed E-state index contributed by atoms with van der Waals surface area (Å²) in [6, 6.07) is 15.1. The van der Waals surface area contributed by atoms with Crippen LogP contribution in [0.25, 0.3) is 0 Å². The average Bonchev–Trinajstić information content (AvgIpc) is 2.80. The van der Waals surface area contributed by atoms with Crippen LogP contribution in [0.15, 0.2) is 59.8 Å². The molecule has 4 nitrogen and oxygen atoms in total. The number of nitrogens with zero attached hydrogens (tertiary/aromatic N) is 1. The molecule has 3 aliphatic rings. The molecule has 5 rings (SSSR count). The number of Topliss-reactive ketones (excluding diaryl/α,β-unsaturated/α-hetero) is 1. The van der Waals surface area contributed by atoms with Crippen molar-refractivity contribution >= 4 is 23.1 Å². The summed E-state index contributed by atoms with van der Waals surface area (Å²) < 4.78 is 0. The van der Waals surface area contributed by atoms with Crippen LogP contribution in [0.3, 0.4) is 0 Å². The van der Waals surface area contributed by atoms with Crippen molar-refractivity contribution in [1.29, 1.82) is 0 Å². The number of fused-ring (bicyclic) bond motifs is 6. The number of carbonyl (C=O) groups excluding carboxylic acids is 2. The second-order valence-corrected chi connectivity index (χ2v) is 6.48. The van der Waals surface area contributed by atoms with Gasteiger partial charge in [-0.25, -0.2) is 0 Å². The molecule has 2 heterocycles. The molecule has 0 radical (unpaired) electrons. The predicted molar refractivity (Wildman–Crippen MR) is 91.9 cm³/mol. The lowest BCUT2D eigenvalue weighted by Crippen LogP contribution is -2.31. The van der Waals surface area contributed by atoms with Crippen LogP contribution >= 0.6 is 0 Å². The number of hydrogen-bond donors (Lipinski definition) is 1. The molecule has 0 saturated carbocycles. The average molecular weight is 316 g/mol. The third-order valence-corrected chi connectivity index (χ3v) is 5.14. The smallest absolute Gasteiger partial charge is 0.259 e. The zero-order valence-corrected chi connectivity index (χ0v) is 13.1. The molecule has 4 heteroatoms. The van der Waals surface area contributed by atoms with E-state index in [4.69, 9.17) is 0 Å². The van der Waals surface area contributed by atoms with Crippen molar-refractivity contribution in [3.8, 4) is 0 Å². The Hall–Kier alpha value is -2.88. The Bertz CT molecular complexity index is 929. The van der Waals surface area contributed by atoms with Crippen LogP contribution in [0.4, 0.5) is 11.4 Å². The molecule has 1 atom stereocenters. The van der Waals surface area contributed by atoms with E-state index in [1.165, 1.54) is 0 Å². The van der Waals surface area contributed by atoms with Crippen molar-refractivity contribution < 1.29 is 9.59 Å². The van der Waals surface area contributed by atoms with E-state index < -0.39 is 0 Å². The van der Waals surface area contributed by atoms with Gasteiger partial charge in [0.25, 0.3) is 5.91 Å². The van der Waals surface area contributed by atoms with Crippen LogP contribution in [0, 0.1) is 0 Å². The molecule has 0 bridgehead atoms.